The first-order valence-electron chi connectivity index (χ1n) is 4.44. The van der Waals surface area contributed by atoms with Crippen LogP contribution in [0, 0.1) is 0 Å². The molecule has 0 radical (unpaired) electrons. The maximum atomic E-state index is 5.39. The van der Waals surface area contributed by atoms with Gasteiger partial charge in [0.1, 0.15) is 0 Å². The third-order valence-electron chi connectivity index (χ3n) is 1.99. The largest absolute Gasteiger partial charge is 0.330 e. The summed E-state index contributed by atoms with van der Waals surface area (Å²) in [6.45, 7) is 1.99. The van der Waals surface area contributed by atoms with Gasteiger partial charge in [0.2, 0.25) is 0 Å². The molecule has 2 nitrogen and oxygen atoms in total. The van der Waals surface area contributed by atoms with Gasteiger partial charge in [-0.15, -0.1) is 0 Å². The number of nitrogens with one attached hydrogen (secondary N) is 1. The van der Waals surface area contributed by atoms with Gasteiger partial charge in [0.25, 0.3) is 0 Å². The Morgan fingerprint density at radius 2 is 2.36 bits per heavy atom. The first-order chi connectivity index (χ1) is 5.43. The molecule has 66 valence electrons. The molecule has 1 saturated heterocycles. The van der Waals surface area contributed by atoms with Crippen molar-refractivity contribution in [2.75, 3.05) is 24.6 Å². The molecule has 0 saturated carbocycles. The minimum atomic E-state index is 0.790. The number of rotatable bonds is 5. The molecule has 1 heterocycles. The van der Waals surface area contributed by atoms with Gasteiger partial charge in [-0.05, 0) is 38.1 Å². The molecule has 0 amide bonds. The Balaban J connectivity index is 1.86. The Kier molecular flexibility index (Phi) is 4.99. The van der Waals surface area contributed by atoms with Gasteiger partial charge in [-0.1, -0.05) is 0 Å². The Bertz CT molecular complexity index is 92.1. The van der Waals surface area contributed by atoms with Crippen molar-refractivity contribution in [2.24, 2.45) is 5.73 Å². The fourth-order valence-corrected chi connectivity index (χ4v) is 2.46. The highest BCUT2D eigenvalue weighted by Gasteiger charge is 2.13. The van der Waals surface area contributed by atoms with E-state index in [0.717, 1.165) is 25.6 Å². The summed E-state index contributed by atoms with van der Waals surface area (Å²) in [5.74, 6) is 2.65. The molecule has 0 aromatic rings. The molecule has 3 N–H and O–H groups in total. The monoisotopic (exact) mass is 174 g/mol. The number of hydrogen-bond donors (Lipinski definition) is 2. The van der Waals surface area contributed by atoms with Crippen molar-refractivity contribution in [1.29, 1.82) is 0 Å². The van der Waals surface area contributed by atoms with E-state index in [4.69, 9.17) is 5.73 Å². The second kappa shape index (κ2) is 5.86. The molecule has 3 heteroatoms. The number of thioether (sulfide) groups is 1. The average molecular weight is 174 g/mol. The fraction of sp³-hybridized carbons (Fsp3) is 1.00. The molecule has 1 unspecified atom stereocenters. The van der Waals surface area contributed by atoms with Gasteiger partial charge in [0.15, 0.2) is 0 Å². The Morgan fingerprint density at radius 1 is 1.45 bits per heavy atom. The number of nitrogens with two attached hydrogens (primary N) is 1. The van der Waals surface area contributed by atoms with Gasteiger partial charge in [-0.3, -0.25) is 0 Å². The van der Waals surface area contributed by atoms with Gasteiger partial charge in [0, 0.05) is 11.8 Å². The Labute approximate surface area is 73.3 Å². The molecule has 0 bridgehead atoms. The second-order valence-electron chi connectivity index (χ2n) is 3.01. The topological polar surface area (TPSA) is 38.0 Å². The van der Waals surface area contributed by atoms with E-state index in [1.807, 2.05) is 0 Å². The zero-order chi connectivity index (χ0) is 7.94. The Hall–Kier alpha value is 0.270. The molecule has 0 aliphatic carbocycles. The lowest BCUT2D eigenvalue weighted by molar-refractivity contribution is 0.537. The van der Waals surface area contributed by atoms with E-state index in [9.17, 15) is 0 Å². The third-order valence-corrected chi connectivity index (χ3v) is 3.16. The van der Waals surface area contributed by atoms with Crippen molar-refractivity contribution >= 4 is 11.8 Å². The van der Waals surface area contributed by atoms with E-state index in [1.165, 1.54) is 24.3 Å². The van der Waals surface area contributed by atoms with Crippen LogP contribution in [-0.2, 0) is 0 Å². The summed E-state index contributed by atoms with van der Waals surface area (Å²) in [6.07, 6.45) is 3.75. The molecular formula is C8H18N2S. The molecule has 1 rings (SSSR count). The summed E-state index contributed by atoms with van der Waals surface area (Å²) in [5.41, 5.74) is 5.39. The highest BCUT2D eigenvalue weighted by Crippen LogP contribution is 2.16. The fourth-order valence-electron chi connectivity index (χ4n) is 1.27. The molecule has 1 aliphatic rings. The Morgan fingerprint density at radius 3 is 3.00 bits per heavy atom. The van der Waals surface area contributed by atoms with E-state index < -0.39 is 0 Å². The first-order valence-corrected chi connectivity index (χ1v) is 5.60. The van der Waals surface area contributed by atoms with E-state index >= 15 is 0 Å². The predicted molar refractivity (Wildman–Crippen MR) is 52.0 cm³/mol. The second-order valence-corrected chi connectivity index (χ2v) is 4.16. The average Bonchev–Trinajstić information content (AvgIpc) is 2.50. The molecule has 0 spiro atoms. The van der Waals surface area contributed by atoms with Crippen LogP contribution in [0.3, 0.4) is 0 Å². The van der Waals surface area contributed by atoms with E-state index in [2.05, 4.69) is 17.1 Å². The summed E-state index contributed by atoms with van der Waals surface area (Å²) in [5, 5.41) is 3.54. The molecule has 1 atom stereocenters. The van der Waals surface area contributed by atoms with Crippen molar-refractivity contribution in [3.63, 3.8) is 0 Å². The van der Waals surface area contributed by atoms with Crippen LogP contribution in [0.4, 0.5) is 0 Å². The lowest BCUT2D eigenvalue weighted by atomic mass is 10.2. The minimum Gasteiger partial charge on any atom is -0.330 e. The van der Waals surface area contributed by atoms with Crippen molar-refractivity contribution < 1.29 is 0 Å². The van der Waals surface area contributed by atoms with Crippen molar-refractivity contribution in [3.8, 4) is 0 Å². The van der Waals surface area contributed by atoms with Crippen LogP contribution in [-0.4, -0.2) is 30.6 Å². The molecular weight excluding hydrogens is 156 g/mol. The molecule has 1 aliphatic heterocycles. The molecule has 1 fully saturated rings. The smallest absolute Gasteiger partial charge is 0.0166 e. The van der Waals surface area contributed by atoms with Crippen molar-refractivity contribution in [1.82, 2.24) is 5.32 Å². The molecule has 0 aromatic carbocycles. The van der Waals surface area contributed by atoms with Crippen molar-refractivity contribution in [2.45, 2.75) is 25.3 Å². The summed E-state index contributed by atoms with van der Waals surface area (Å²) in [7, 11) is 0. The van der Waals surface area contributed by atoms with Gasteiger partial charge in [-0.25, -0.2) is 0 Å². The van der Waals surface area contributed by atoms with Gasteiger partial charge in [-0.2, -0.15) is 11.8 Å². The quantitative estimate of drug-likeness (QED) is 0.606. The first kappa shape index (κ1) is 9.36. The number of unbranched alkanes of at least 4 members (excludes halogenated alkanes) is 1. The van der Waals surface area contributed by atoms with Gasteiger partial charge < -0.3 is 11.1 Å². The van der Waals surface area contributed by atoms with Crippen molar-refractivity contribution in [3.05, 3.63) is 0 Å². The minimum absolute atomic E-state index is 0.790. The highest BCUT2D eigenvalue weighted by molar-refractivity contribution is 7.99. The zero-order valence-corrected chi connectivity index (χ0v) is 7.83. The van der Waals surface area contributed by atoms with Gasteiger partial charge in [0.05, 0.1) is 0 Å². The summed E-state index contributed by atoms with van der Waals surface area (Å²) in [6, 6.07) is 0.790. The van der Waals surface area contributed by atoms with Crippen LogP contribution >= 0.6 is 11.8 Å². The maximum absolute atomic E-state index is 5.39. The molecule has 0 aromatic heterocycles. The maximum Gasteiger partial charge on any atom is 0.0166 e. The van der Waals surface area contributed by atoms with Crippen LogP contribution in [0.15, 0.2) is 0 Å². The molecule has 11 heavy (non-hydrogen) atoms. The normalized spacial score (nSPS) is 24.3. The summed E-state index contributed by atoms with van der Waals surface area (Å²) >= 11 is 2.06. The van der Waals surface area contributed by atoms with Crippen LogP contribution in [0.5, 0.6) is 0 Å². The van der Waals surface area contributed by atoms with Crippen LogP contribution in [0.2, 0.25) is 0 Å². The lowest BCUT2D eigenvalue weighted by Crippen LogP contribution is -2.29. The zero-order valence-electron chi connectivity index (χ0n) is 7.01. The van der Waals surface area contributed by atoms with E-state index in [-0.39, 0.29) is 0 Å². The lowest BCUT2D eigenvalue weighted by Gasteiger charge is -2.09. The number of hydrogen-bond acceptors (Lipinski definition) is 3. The summed E-state index contributed by atoms with van der Waals surface area (Å²) < 4.78 is 0. The standard InChI is InChI=1S/C8H18N2S/c9-4-1-2-5-10-8-3-6-11-7-8/h8,10H,1-7,9H2. The van der Waals surface area contributed by atoms with E-state index in [1.54, 1.807) is 0 Å². The highest BCUT2D eigenvalue weighted by atomic mass is 32.2. The van der Waals surface area contributed by atoms with Crippen LogP contribution in [0.25, 0.3) is 0 Å². The van der Waals surface area contributed by atoms with Gasteiger partial charge >= 0.3 is 0 Å². The predicted octanol–water partition coefficient (Wildman–Crippen LogP) is 0.820. The summed E-state index contributed by atoms with van der Waals surface area (Å²) in [4.78, 5) is 0. The third kappa shape index (κ3) is 3.99. The van der Waals surface area contributed by atoms with Crippen LogP contribution in [0.1, 0.15) is 19.3 Å². The van der Waals surface area contributed by atoms with Crippen LogP contribution < -0.4 is 11.1 Å². The SMILES string of the molecule is NCCCCNC1CCSC1. The van der Waals surface area contributed by atoms with E-state index in [0.29, 0.717) is 0 Å².